The number of nitrogens with one attached hydrogen (secondary N) is 2. The number of carbonyl (C=O) groups is 3. The lowest BCUT2D eigenvalue weighted by atomic mass is 10.00. The summed E-state index contributed by atoms with van der Waals surface area (Å²) in [7, 11) is 3.41. The molecule has 3 aromatic carbocycles. The molecule has 1 heterocycles. The number of imidazole rings is 1. The van der Waals surface area contributed by atoms with Gasteiger partial charge in [0.25, 0.3) is 0 Å². The molecule has 9 nitrogen and oxygen atoms in total. The van der Waals surface area contributed by atoms with Gasteiger partial charge in [-0.3, -0.25) is 14.4 Å². The second-order valence-corrected chi connectivity index (χ2v) is 11.4. The van der Waals surface area contributed by atoms with Crippen LogP contribution < -0.4 is 16.4 Å². The molecule has 0 radical (unpaired) electrons. The van der Waals surface area contributed by atoms with Crippen LogP contribution >= 0.6 is 24.8 Å². The van der Waals surface area contributed by atoms with Gasteiger partial charge in [0.1, 0.15) is 12.1 Å². The second kappa shape index (κ2) is 16.8. The number of benzene rings is 3. The number of hydrogen-bond donors (Lipinski definition) is 3. The maximum absolute atomic E-state index is 13.4. The molecule has 0 aliphatic rings. The van der Waals surface area contributed by atoms with Gasteiger partial charge in [-0.25, -0.2) is 4.98 Å². The lowest BCUT2D eigenvalue weighted by molar-refractivity contribution is -0.131. The Morgan fingerprint density at radius 3 is 2.04 bits per heavy atom. The van der Waals surface area contributed by atoms with Crippen LogP contribution in [0.5, 0.6) is 0 Å². The lowest BCUT2D eigenvalue weighted by Crippen LogP contribution is -2.54. The van der Waals surface area contributed by atoms with Crippen molar-refractivity contribution in [3.63, 3.8) is 0 Å². The summed E-state index contributed by atoms with van der Waals surface area (Å²) in [6, 6.07) is 26.3. The van der Waals surface area contributed by atoms with Crippen LogP contribution in [-0.4, -0.2) is 57.8 Å². The summed E-state index contributed by atoms with van der Waals surface area (Å²) in [5.74, 6) is -0.692. The molecule has 0 aliphatic carbocycles. The van der Waals surface area contributed by atoms with Crippen LogP contribution in [0.3, 0.4) is 0 Å². The molecule has 45 heavy (non-hydrogen) atoms. The maximum atomic E-state index is 13.4. The Bertz CT molecular complexity index is 1520. The van der Waals surface area contributed by atoms with Gasteiger partial charge >= 0.3 is 0 Å². The van der Waals surface area contributed by atoms with E-state index in [2.05, 4.69) is 15.6 Å². The van der Waals surface area contributed by atoms with Crippen LogP contribution in [0.15, 0.2) is 97.5 Å². The molecule has 240 valence electrons. The largest absolute Gasteiger partial charge is 0.347 e. The molecule has 0 fully saturated rings. The van der Waals surface area contributed by atoms with Crippen LogP contribution in [0.4, 0.5) is 5.82 Å². The normalized spacial score (nSPS) is 12.1. The zero-order valence-electron chi connectivity index (χ0n) is 26.0. The van der Waals surface area contributed by atoms with Crippen molar-refractivity contribution >= 4 is 48.4 Å². The van der Waals surface area contributed by atoms with E-state index in [1.165, 1.54) is 11.2 Å². The zero-order valence-corrected chi connectivity index (χ0v) is 27.6. The molecule has 0 aliphatic heterocycles. The van der Waals surface area contributed by atoms with Crippen molar-refractivity contribution in [3.8, 4) is 11.1 Å². The molecular weight excluding hydrogens is 611 g/mol. The molecule has 4 rings (SSSR count). The minimum Gasteiger partial charge on any atom is -0.347 e. The van der Waals surface area contributed by atoms with Crippen molar-refractivity contribution < 1.29 is 14.4 Å². The first-order valence-electron chi connectivity index (χ1n) is 14.4. The number of anilines is 1. The quantitative estimate of drug-likeness (QED) is 0.193. The van der Waals surface area contributed by atoms with Crippen molar-refractivity contribution in [2.24, 2.45) is 5.73 Å². The maximum Gasteiger partial charge on any atom is 0.249 e. The van der Waals surface area contributed by atoms with Crippen LogP contribution in [0.1, 0.15) is 43.9 Å². The molecule has 2 atom stereocenters. The average molecular weight is 654 g/mol. The van der Waals surface area contributed by atoms with E-state index in [4.69, 9.17) is 5.73 Å². The van der Waals surface area contributed by atoms with Gasteiger partial charge in [-0.15, -0.1) is 24.8 Å². The molecule has 4 aromatic rings. The topological polar surface area (TPSA) is 122 Å². The molecule has 0 bridgehead atoms. The molecule has 0 spiro atoms. The Kier molecular flexibility index (Phi) is 13.8. The van der Waals surface area contributed by atoms with E-state index < -0.39 is 29.4 Å². The van der Waals surface area contributed by atoms with Gasteiger partial charge in [-0.1, -0.05) is 84.9 Å². The number of hydrogen-bond acceptors (Lipinski definition) is 5. The van der Waals surface area contributed by atoms with Crippen LogP contribution in [-0.2, 0) is 20.8 Å². The minimum atomic E-state index is -1.14. The molecule has 3 amide bonds. The number of aromatic nitrogens is 2. The van der Waals surface area contributed by atoms with Gasteiger partial charge in [0, 0.05) is 20.3 Å². The van der Waals surface area contributed by atoms with Crippen molar-refractivity contribution in [3.05, 3.63) is 109 Å². The highest BCUT2D eigenvalue weighted by molar-refractivity contribution is 5.98. The Labute approximate surface area is 277 Å². The first-order valence-corrected chi connectivity index (χ1v) is 14.4. The van der Waals surface area contributed by atoms with E-state index in [0.29, 0.717) is 12.8 Å². The highest BCUT2D eigenvalue weighted by atomic mass is 35.5. The Balaban J connectivity index is 0.00000353. The number of carbonyl (C=O) groups excluding carboxylic acids is 3. The number of nitrogens with zero attached hydrogens (tertiary/aromatic N) is 3. The van der Waals surface area contributed by atoms with Crippen molar-refractivity contribution in [2.45, 2.75) is 50.7 Å². The summed E-state index contributed by atoms with van der Waals surface area (Å²) < 4.78 is 1.68. The van der Waals surface area contributed by atoms with Gasteiger partial charge in [-0.05, 0) is 55.4 Å². The van der Waals surface area contributed by atoms with E-state index >= 15 is 0 Å². The number of nitrogens with two attached hydrogens (primary N) is 1. The Morgan fingerprint density at radius 1 is 0.889 bits per heavy atom. The predicted octanol–water partition coefficient (Wildman–Crippen LogP) is 5.25. The van der Waals surface area contributed by atoms with E-state index in [9.17, 15) is 14.4 Å². The van der Waals surface area contributed by atoms with Gasteiger partial charge < -0.3 is 25.8 Å². The smallest absolute Gasteiger partial charge is 0.249 e. The van der Waals surface area contributed by atoms with Crippen molar-refractivity contribution in [1.29, 1.82) is 0 Å². The zero-order chi connectivity index (χ0) is 31.0. The number of amides is 3. The van der Waals surface area contributed by atoms with E-state index in [0.717, 1.165) is 28.7 Å². The summed E-state index contributed by atoms with van der Waals surface area (Å²) in [6.45, 7) is 3.19. The summed E-state index contributed by atoms with van der Waals surface area (Å²) in [5, 5.41) is 5.62. The predicted molar refractivity (Wildman–Crippen MR) is 184 cm³/mol. The van der Waals surface area contributed by atoms with E-state index in [1.54, 1.807) is 38.7 Å². The molecule has 1 unspecified atom stereocenters. The monoisotopic (exact) mass is 652 g/mol. The number of halogens is 2. The summed E-state index contributed by atoms with van der Waals surface area (Å²) in [6.07, 6.45) is 5.01. The van der Waals surface area contributed by atoms with Gasteiger partial charge in [-0.2, -0.15) is 0 Å². The third kappa shape index (κ3) is 10.2. The van der Waals surface area contributed by atoms with Crippen LogP contribution in [0, 0.1) is 0 Å². The lowest BCUT2D eigenvalue weighted by Gasteiger charge is -2.24. The van der Waals surface area contributed by atoms with Gasteiger partial charge in [0.15, 0.2) is 5.82 Å². The van der Waals surface area contributed by atoms with Crippen molar-refractivity contribution in [1.82, 2.24) is 19.8 Å². The highest BCUT2D eigenvalue weighted by Gasteiger charge is 2.29. The minimum absolute atomic E-state index is 0. The number of rotatable bonds is 12. The van der Waals surface area contributed by atoms with Gasteiger partial charge in [0.05, 0.1) is 11.9 Å². The first-order chi connectivity index (χ1) is 20.5. The molecule has 0 saturated heterocycles. The fourth-order valence-corrected chi connectivity index (χ4v) is 4.70. The molecule has 11 heteroatoms. The van der Waals surface area contributed by atoms with Crippen molar-refractivity contribution in [2.75, 3.05) is 19.4 Å². The van der Waals surface area contributed by atoms with Crippen LogP contribution in [0.25, 0.3) is 11.1 Å². The average Bonchev–Trinajstić information content (AvgIpc) is 3.45. The summed E-state index contributed by atoms with van der Waals surface area (Å²) in [4.78, 5) is 45.3. The molecule has 1 aromatic heterocycles. The second-order valence-electron chi connectivity index (χ2n) is 11.4. The number of likely N-dealkylation sites (N-methyl/N-ethyl adjacent to an activating group) is 1. The fourth-order valence-electron chi connectivity index (χ4n) is 4.70. The van der Waals surface area contributed by atoms with E-state index in [1.807, 2.05) is 84.9 Å². The van der Waals surface area contributed by atoms with Gasteiger partial charge in [0.2, 0.25) is 17.7 Å². The van der Waals surface area contributed by atoms with Crippen LogP contribution in [0.2, 0.25) is 0 Å². The molecule has 4 N–H and O–H groups in total. The third-order valence-corrected chi connectivity index (χ3v) is 7.17. The number of aryl methyl sites for hydroxylation is 1. The molecule has 0 saturated carbocycles. The Hall–Kier alpha value is -4.18. The van der Waals surface area contributed by atoms with E-state index in [-0.39, 0.29) is 36.5 Å². The fraction of sp³-hybridized carbons (Fsp3) is 0.294. The summed E-state index contributed by atoms with van der Waals surface area (Å²) >= 11 is 0. The third-order valence-electron chi connectivity index (χ3n) is 7.17. The molecular formula is C34H42Cl2N6O3. The SMILES string of the molecule is CN(C)C(=O)C(c1ccc(-c2ccccc2)cc1)n1cnc(NC(=O)[C@@H](CCCc2ccccc2)NC(=O)C(C)(C)N)c1.Cl.Cl. The standard InChI is InChI=1S/C34H40N6O3.2ClH/c1-34(2,35)33(43)37-28(17-11-14-24-12-7-5-8-13-24)31(41)38-29-22-40(23-36-29)30(32(42)39(3)4)27-20-18-26(19-21-27)25-15-9-6-10-16-25;;/h5-10,12-13,15-16,18-23,28,30H,11,14,17,35H2,1-4H3,(H,37,43)(H,38,41);2*1H/t28-,30?;;/m1../s1. The Morgan fingerprint density at radius 2 is 1.47 bits per heavy atom. The highest BCUT2D eigenvalue weighted by Crippen LogP contribution is 2.26. The first kappa shape index (κ1) is 37.0. The summed E-state index contributed by atoms with van der Waals surface area (Å²) in [5.41, 5.74) is 8.91.